The summed E-state index contributed by atoms with van der Waals surface area (Å²) in [6.07, 6.45) is -4.92. The Kier molecular flexibility index (Phi) is 8.64. The number of hydrogen-bond acceptors (Lipinski definition) is 8. The van der Waals surface area contributed by atoms with Crippen LogP contribution in [0.25, 0.3) is 0 Å². The summed E-state index contributed by atoms with van der Waals surface area (Å²) >= 11 is 1.29. The normalized spacial score (nSPS) is 20.5. The van der Waals surface area contributed by atoms with Crippen LogP contribution in [0.2, 0.25) is 0 Å². The lowest BCUT2D eigenvalue weighted by Crippen LogP contribution is -2.46. The Balaban J connectivity index is 1.86. The van der Waals surface area contributed by atoms with Gasteiger partial charge in [0.05, 0.1) is 36.0 Å². The molecule has 0 saturated heterocycles. The number of hydrogen-bond donors (Lipinski definition) is 1. The first-order chi connectivity index (χ1) is 21.0. The summed E-state index contributed by atoms with van der Waals surface area (Å²) in [7, 11) is 0. The summed E-state index contributed by atoms with van der Waals surface area (Å²) < 4.78 is 67.8. The van der Waals surface area contributed by atoms with Crippen LogP contribution in [0.5, 0.6) is 0 Å². The second-order valence-electron chi connectivity index (χ2n) is 10.1. The van der Waals surface area contributed by atoms with Crippen LogP contribution in [0.4, 0.5) is 23.2 Å². The summed E-state index contributed by atoms with van der Waals surface area (Å²) in [5, 5.41) is 1.76. The van der Waals surface area contributed by atoms with Gasteiger partial charge < -0.3 is 15.2 Å². The predicted molar refractivity (Wildman–Crippen MR) is 155 cm³/mol. The van der Waals surface area contributed by atoms with Crippen molar-refractivity contribution in [2.24, 2.45) is 11.7 Å². The maximum Gasteiger partial charge on any atom is 0.418 e. The largest absolute Gasteiger partial charge is 0.465 e. The van der Waals surface area contributed by atoms with Gasteiger partial charge in [0.15, 0.2) is 5.78 Å². The number of nitrogens with zero attached hydrogens (tertiary/aromatic N) is 1. The number of thiophene rings is 1. The highest BCUT2D eigenvalue weighted by atomic mass is 32.1. The fourth-order valence-electron chi connectivity index (χ4n) is 5.88. The van der Waals surface area contributed by atoms with Crippen LogP contribution in [0.1, 0.15) is 48.1 Å². The molecule has 12 heteroatoms. The molecule has 44 heavy (non-hydrogen) atoms. The van der Waals surface area contributed by atoms with E-state index in [4.69, 9.17) is 15.2 Å². The number of carbonyl (C=O) groups excluding carboxylic acids is 3. The molecule has 7 nitrogen and oxygen atoms in total. The number of alkyl halides is 3. The zero-order valence-corrected chi connectivity index (χ0v) is 24.5. The third-order valence-corrected chi connectivity index (χ3v) is 8.64. The van der Waals surface area contributed by atoms with Gasteiger partial charge in [-0.25, -0.2) is 9.18 Å². The van der Waals surface area contributed by atoms with Crippen molar-refractivity contribution < 1.29 is 41.4 Å². The number of halogens is 4. The molecule has 1 aliphatic heterocycles. The highest BCUT2D eigenvalue weighted by Crippen LogP contribution is 2.53. The molecule has 5 rings (SSSR count). The number of carbonyl (C=O) groups is 3. The molecule has 0 bridgehead atoms. The van der Waals surface area contributed by atoms with Crippen LogP contribution in [-0.2, 0) is 30.0 Å². The summed E-state index contributed by atoms with van der Waals surface area (Å²) in [5.41, 5.74) is 5.12. The minimum absolute atomic E-state index is 0.0148. The zero-order chi connectivity index (χ0) is 31.8. The van der Waals surface area contributed by atoms with Crippen molar-refractivity contribution in [2.45, 2.75) is 38.3 Å². The standard InChI is InChI=1S/C32H28F4N2O5S/c1-3-42-30(40)25-19(23-10-7-15-44-23)16-22-26(28(25)39)24(17-11-13-18(33)14-12-17)27(31(41)43-4-2)29(37)38(22)21-9-6-5-8-20(21)32(34,35)36/h5-15,19,24-25H,3-4,16,37H2,1-2H3/t19-,24-,25-/m0/s1. The van der Waals surface area contributed by atoms with Gasteiger partial charge >= 0.3 is 18.1 Å². The maximum atomic E-state index is 14.6. The van der Waals surface area contributed by atoms with E-state index in [1.54, 1.807) is 31.4 Å². The van der Waals surface area contributed by atoms with E-state index in [1.807, 2.05) is 0 Å². The van der Waals surface area contributed by atoms with Gasteiger partial charge in [0.1, 0.15) is 17.6 Å². The van der Waals surface area contributed by atoms with Gasteiger partial charge in [-0.2, -0.15) is 13.2 Å². The highest BCUT2D eigenvalue weighted by molar-refractivity contribution is 7.10. The first-order valence-corrected chi connectivity index (χ1v) is 14.7. The fourth-order valence-corrected chi connectivity index (χ4v) is 6.75. The number of nitrogens with two attached hydrogens (primary N) is 1. The first kappa shape index (κ1) is 31.0. The molecular formula is C32H28F4N2O5S. The van der Waals surface area contributed by atoms with Gasteiger partial charge in [-0.05, 0) is 61.5 Å². The Morgan fingerprint density at radius 2 is 1.68 bits per heavy atom. The van der Waals surface area contributed by atoms with Crippen molar-refractivity contribution in [3.05, 3.63) is 111 Å². The second kappa shape index (κ2) is 12.3. The molecule has 2 aliphatic rings. The van der Waals surface area contributed by atoms with Crippen LogP contribution >= 0.6 is 11.3 Å². The summed E-state index contributed by atoms with van der Waals surface area (Å²) in [6, 6.07) is 13.1. The molecule has 0 amide bonds. The van der Waals surface area contributed by atoms with E-state index in [9.17, 15) is 31.9 Å². The molecule has 230 valence electrons. The molecule has 1 aliphatic carbocycles. The number of anilines is 1. The van der Waals surface area contributed by atoms with Crippen LogP contribution in [-0.4, -0.2) is 30.9 Å². The number of ether oxygens (including phenoxy) is 2. The number of allylic oxidation sites excluding steroid dienone is 2. The monoisotopic (exact) mass is 628 g/mol. The zero-order valence-electron chi connectivity index (χ0n) is 23.7. The van der Waals surface area contributed by atoms with E-state index in [0.29, 0.717) is 4.88 Å². The lowest BCUT2D eigenvalue weighted by Gasteiger charge is -2.44. The van der Waals surface area contributed by atoms with Gasteiger partial charge in [0.25, 0.3) is 0 Å². The number of ketones is 1. The minimum Gasteiger partial charge on any atom is -0.465 e. The molecule has 2 aromatic carbocycles. The third kappa shape index (κ3) is 5.49. The number of Topliss-reactive ketones (excluding diaryl/α,β-unsaturated/α-hetero) is 1. The van der Waals surface area contributed by atoms with Gasteiger partial charge in [-0.15, -0.1) is 11.3 Å². The molecule has 0 fully saturated rings. The Morgan fingerprint density at radius 3 is 2.30 bits per heavy atom. The summed E-state index contributed by atoms with van der Waals surface area (Å²) in [6.45, 7) is 3.02. The van der Waals surface area contributed by atoms with Gasteiger partial charge in [-0.3, -0.25) is 14.5 Å². The number of rotatable bonds is 7. The van der Waals surface area contributed by atoms with E-state index < -0.39 is 58.7 Å². The van der Waals surface area contributed by atoms with Crippen LogP contribution in [0.15, 0.2) is 88.7 Å². The molecule has 0 radical (unpaired) electrons. The summed E-state index contributed by atoms with van der Waals surface area (Å²) in [5.74, 6) is -6.91. The average molecular weight is 629 g/mol. The highest BCUT2D eigenvalue weighted by Gasteiger charge is 2.52. The molecule has 2 N–H and O–H groups in total. The van der Waals surface area contributed by atoms with E-state index in [0.717, 1.165) is 23.1 Å². The van der Waals surface area contributed by atoms with Gasteiger partial charge in [0, 0.05) is 22.1 Å². The Labute approximate surface area is 254 Å². The van der Waals surface area contributed by atoms with E-state index in [2.05, 4.69) is 0 Å². The lowest BCUT2D eigenvalue weighted by molar-refractivity contribution is -0.152. The van der Waals surface area contributed by atoms with Crippen LogP contribution in [0, 0.1) is 11.7 Å². The van der Waals surface area contributed by atoms with Crippen LogP contribution in [0.3, 0.4) is 0 Å². The maximum absolute atomic E-state index is 14.6. The Hall–Kier alpha value is -4.45. The van der Waals surface area contributed by atoms with Crippen molar-refractivity contribution in [3.8, 4) is 0 Å². The molecule has 0 spiro atoms. The molecular weight excluding hydrogens is 600 g/mol. The van der Waals surface area contributed by atoms with Crippen molar-refractivity contribution >= 4 is 34.7 Å². The smallest absolute Gasteiger partial charge is 0.418 e. The third-order valence-electron chi connectivity index (χ3n) is 7.64. The molecule has 2 heterocycles. The van der Waals surface area contributed by atoms with E-state index in [-0.39, 0.29) is 47.9 Å². The van der Waals surface area contributed by atoms with E-state index >= 15 is 0 Å². The fraction of sp³-hybridized carbons (Fsp3) is 0.281. The lowest BCUT2D eigenvalue weighted by atomic mass is 9.68. The molecule has 0 unspecified atom stereocenters. The predicted octanol–water partition coefficient (Wildman–Crippen LogP) is 6.43. The van der Waals surface area contributed by atoms with Crippen molar-refractivity contribution in [2.75, 3.05) is 18.1 Å². The Morgan fingerprint density at radius 1 is 1.00 bits per heavy atom. The van der Waals surface area contributed by atoms with Crippen molar-refractivity contribution in [3.63, 3.8) is 0 Å². The van der Waals surface area contributed by atoms with Crippen molar-refractivity contribution in [1.82, 2.24) is 0 Å². The van der Waals surface area contributed by atoms with E-state index in [1.165, 1.54) is 41.7 Å². The molecule has 1 aromatic heterocycles. The average Bonchev–Trinajstić information content (AvgIpc) is 3.52. The minimum atomic E-state index is -4.82. The van der Waals surface area contributed by atoms with Gasteiger partial charge in [-0.1, -0.05) is 30.3 Å². The van der Waals surface area contributed by atoms with Crippen molar-refractivity contribution in [1.29, 1.82) is 0 Å². The number of benzene rings is 2. The van der Waals surface area contributed by atoms with Gasteiger partial charge in [0.2, 0.25) is 0 Å². The van der Waals surface area contributed by atoms with Crippen LogP contribution < -0.4 is 10.6 Å². The summed E-state index contributed by atoms with van der Waals surface area (Å²) in [4.78, 5) is 43.3. The quantitative estimate of drug-likeness (QED) is 0.183. The first-order valence-electron chi connectivity index (χ1n) is 13.8. The SMILES string of the molecule is CCOC(=O)C1=C(N)N(c2ccccc2C(F)(F)F)C2=C(C(=O)[C@@H](C(=O)OCC)[C@H](c3cccs3)C2)[C@@H]1c1ccc(F)cc1. The number of esters is 2. The molecule has 3 atom stereocenters. The topological polar surface area (TPSA) is 98.9 Å². The Bertz CT molecular complexity index is 1650. The molecule has 0 saturated carbocycles. The molecule has 3 aromatic rings. The second-order valence-corrected chi connectivity index (χ2v) is 11.1. The number of para-hydroxylation sites is 1.